The van der Waals surface area contributed by atoms with Crippen LogP contribution in [0.4, 0.5) is 10.5 Å². The number of hydrogen-bond donors (Lipinski definition) is 3. The third-order valence-electron chi connectivity index (χ3n) is 3.23. The van der Waals surface area contributed by atoms with Crippen LogP contribution >= 0.6 is 0 Å². The molecule has 1 aromatic rings. The van der Waals surface area contributed by atoms with Crippen LogP contribution in [0, 0.1) is 0 Å². The topological polar surface area (TPSA) is 79.5 Å². The Bertz CT molecular complexity index is 499. The van der Waals surface area contributed by atoms with Crippen LogP contribution in [0.1, 0.15) is 30.1 Å². The van der Waals surface area contributed by atoms with E-state index in [0.29, 0.717) is 24.3 Å². The second kappa shape index (κ2) is 7.64. The lowest BCUT2D eigenvalue weighted by Crippen LogP contribution is -2.35. The smallest absolute Gasteiger partial charge is 0.319 e. The van der Waals surface area contributed by atoms with Crippen molar-refractivity contribution in [1.82, 2.24) is 10.6 Å². The molecule has 3 N–H and O–H groups in total. The van der Waals surface area contributed by atoms with E-state index in [1.807, 2.05) is 6.92 Å². The Labute approximate surface area is 124 Å². The van der Waals surface area contributed by atoms with Crippen LogP contribution in [0.5, 0.6) is 0 Å². The van der Waals surface area contributed by atoms with Gasteiger partial charge < -0.3 is 20.7 Å². The van der Waals surface area contributed by atoms with Crippen molar-refractivity contribution in [2.75, 3.05) is 25.0 Å². The fourth-order valence-corrected chi connectivity index (χ4v) is 2.19. The molecule has 1 heterocycles. The Kier molecular flexibility index (Phi) is 5.57. The quantitative estimate of drug-likeness (QED) is 0.773. The number of ether oxygens (including phenoxy) is 1. The molecule has 0 radical (unpaired) electrons. The van der Waals surface area contributed by atoms with Crippen LogP contribution in [0.15, 0.2) is 24.3 Å². The molecule has 0 bridgehead atoms. The molecule has 1 aromatic carbocycles. The van der Waals surface area contributed by atoms with Gasteiger partial charge in [-0.2, -0.15) is 0 Å². The lowest BCUT2D eigenvalue weighted by molar-refractivity contribution is 0.0956. The van der Waals surface area contributed by atoms with Gasteiger partial charge in [0.15, 0.2) is 0 Å². The highest BCUT2D eigenvalue weighted by Crippen LogP contribution is 2.12. The number of anilines is 1. The summed E-state index contributed by atoms with van der Waals surface area (Å²) in [6, 6.07) is 6.55. The van der Waals surface area contributed by atoms with E-state index in [2.05, 4.69) is 16.0 Å². The molecule has 0 aromatic heterocycles. The number of rotatable bonds is 5. The van der Waals surface area contributed by atoms with Crippen LogP contribution in [-0.4, -0.2) is 37.7 Å². The minimum Gasteiger partial charge on any atom is -0.376 e. The van der Waals surface area contributed by atoms with E-state index in [-0.39, 0.29) is 18.0 Å². The van der Waals surface area contributed by atoms with Gasteiger partial charge in [0.1, 0.15) is 0 Å². The molecule has 6 nitrogen and oxygen atoms in total. The third-order valence-corrected chi connectivity index (χ3v) is 3.23. The monoisotopic (exact) mass is 291 g/mol. The SMILES string of the molecule is CCNC(=O)c1cccc(NC(=O)NCC2CCCO2)c1. The predicted molar refractivity (Wildman–Crippen MR) is 80.4 cm³/mol. The molecular weight excluding hydrogens is 270 g/mol. The van der Waals surface area contributed by atoms with Crippen molar-refractivity contribution >= 4 is 17.6 Å². The minimum absolute atomic E-state index is 0.109. The predicted octanol–water partition coefficient (Wildman–Crippen LogP) is 1.74. The Morgan fingerprint density at radius 3 is 2.90 bits per heavy atom. The summed E-state index contributed by atoms with van der Waals surface area (Å²) in [5, 5.41) is 8.21. The van der Waals surface area contributed by atoms with E-state index in [0.717, 1.165) is 19.4 Å². The van der Waals surface area contributed by atoms with Crippen LogP contribution < -0.4 is 16.0 Å². The highest BCUT2D eigenvalue weighted by Gasteiger charge is 2.16. The first-order valence-electron chi connectivity index (χ1n) is 7.23. The first-order chi connectivity index (χ1) is 10.2. The molecular formula is C15H21N3O3. The van der Waals surface area contributed by atoms with Gasteiger partial charge in [-0.25, -0.2) is 4.79 Å². The summed E-state index contributed by atoms with van der Waals surface area (Å²) in [6.07, 6.45) is 2.13. The zero-order valence-corrected chi connectivity index (χ0v) is 12.1. The van der Waals surface area contributed by atoms with Gasteiger partial charge in [-0.05, 0) is 38.0 Å². The van der Waals surface area contributed by atoms with Crippen LogP contribution in [-0.2, 0) is 4.74 Å². The summed E-state index contributed by atoms with van der Waals surface area (Å²) in [5.41, 5.74) is 1.11. The highest BCUT2D eigenvalue weighted by molar-refractivity contribution is 5.96. The molecule has 1 fully saturated rings. The van der Waals surface area contributed by atoms with Crippen LogP contribution in [0.25, 0.3) is 0 Å². The molecule has 0 spiro atoms. The molecule has 6 heteroatoms. The van der Waals surface area contributed by atoms with Gasteiger partial charge in [0.05, 0.1) is 6.10 Å². The van der Waals surface area contributed by atoms with Gasteiger partial charge in [0.2, 0.25) is 0 Å². The summed E-state index contributed by atoms with van der Waals surface area (Å²) < 4.78 is 5.44. The lowest BCUT2D eigenvalue weighted by Gasteiger charge is -2.12. The van der Waals surface area contributed by atoms with Gasteiger partial charge in [-0.3, -0.25) is 4.79 Å². The number of amides is 3. The van der Waals surface area contributed by atoms with E-state index in [9.17, 15) is 9.59 Å². The first-order valence-corrected chi connectivity index (χ1v) is 7.23. The zero-order chi connectivity index (χ0) is 15.1. The maximum atomic E-state index is 11.8. The van der Waals surface area contributed by atoms with Crippen LogP contribution in [0.2, 0.25) is 0 Å². The molecule has 114 valence electrons. The molecule has 1 saturated heterocycles. The average Bonchev–Trinajstić information content (AvgIpc) is 2.99. The maximum Gasteiger partial charge on any atom is 0.319 e. The average molecular weight is 291 g/mol. The number of benzene rings is 1. The Hall–Kier alpha value is -2.08. The Balaban J connectivity index is 1.85. The van der Waals surface area contributed by atoms with Gasteiger partial charge in [-0.1, -0.05) is 6.07 Å². The van der Waals surface area contributed by atoms with Crippen molar-refractivity contribution in [1.29, 1.82) is 0 Å². The fourth-order valence-electron chi connectivity index (χ4n) is 2.19. The molecule has 2 rings (SSSR count). The molecule has 1 unspecified atom stereocenters. The summed E-state index contributed by atoms with van der Waals surface area (Å²) in [7, 11) is 0. The number of carbonyl (C=O) groups is 2. The third kappa shape index (κ3) is 4.75. The normalized spacial score (nSPS) is 17.3. The number of urea groups is 1. The number of carbonyl (C=O) groups excluding carboxylic acids is 2. The zero-order valence-electron chi connectivity index (χ0n) is 12.1. The second-order valence-corrected chi connectivity index (χ2v) is 4.91. The molecule has 3 amide bonds. The van der Waals surface area contributed by atoms with Crippen molar-refractivity contribution in [3.8, 4) is 0 Å². The van der Waals surface area contributed by atoms with Crippen molar-refractivity contribution in [3.05, 3.63) is 29.8 Å². The van der Waals surface area contributed by atoms with Crippen LogP contribution in [0.3, 0.4) is 0 Å². The molecule has 1 aliphatic heterocycles. The Morgan fingerprint density at radius 1 is 1.33 bits per heavy atom. The first kappa shape index (κ1) is 15.3. The highest BCUT2D eigenvalue weighted by atomic mass is 16.5. The fraction of sp³-hybridized carbons (Fsp3) is 0.467. The standard InChI is InChI=1S/C15H21N3O3/c1-2-16-14(19)11-5-3-6-12(9-11)18-15(20)17-10-13-7-4-8-21-13/h3,5-6,9,13H,2,4,7-8,10H2,1H3,(H,16,19)(H2,17,18,20). The second-order valence-electron chi connectivity index (χ2n) is 4.91. The van der Waals surface area contributed by atoms with Crippen molar-refractivity contribution in [2.45, 2.75) is 25.9 Å². The van der Waals surface area contributed by atoms with E-state index < -0.39 is 0 Å². The van der Waals surface area contributed by atoms with E-state index >= 15 is 0 Å². The van der Waals surface area contributed by atoms with E-state index in [1.54, 1.807) is 24.3 Å². The largest absolute Gasteiger partial charge is 0.376 e. The molecule has 0 saturated carbocycles. The molecule has 0 aliphatic carbocycles. The number of nitrogens with one attached hydrogen (secondary N) is 3. The Morgan fingerprint density at radius 2 is 2.19 bits per heavy atom. The minimum atomic E-state index is -0.293. The van der Waals surface area contributed by atoms with Crippen molar-refractivity contribution in [2.24, 2.45) is 0 Å². The number of hydrogen-bond acceptors (Lipinski definition) is 3. The van der Waals surface area contributed by atoms with Crippen molar-refractivity contribution < 1.29 is 14.3 Å². The summed E-state index contributed by atoms with van der Waals surface area (Å²) in [4.78, 5) is 23.5. The van der Waals surface area contributed by atoms with Gasteiger partial charge >= 0.3 is 6.03 Å². The van der Waals surface area contributed by atoms with E-state index in [4.69, 9.17) is 4.74 Å². The van der Waals surface area contributed by atoms with Gasteiger partial charge in [0.25, 0.3) is 5.91 Å². The summed E-state index contributed by atoms with van der Waals surface area (Å²) in [6.45, 7) is 3.70. The summed E-state index contributed by atoms with van der Waals surface area (Å²) in [5.74, 6) is -0.152. The van der Waals surface area contributed by atoms with Gasteiger partial charge in [0, 0.05) is 30.9 Å². The molecule has 1 aliphatic rings. The van der Waals surface area contributed by atoms with Gasteiger partial charge in [-0.15, -0.1) is 0 Å². The van der Waals surface area contributed by atoms with Crippen molar-refractivity contribution in [3.63, 3.8) is 0 Å². The lowest BCUT2D eigenvalue weighted by atomic mass is 10.2. The maximum absolute atomic E-state index is 11.8. The molecule has 21 heavy (non-hydrogen) atoms. The molecule has 1 atom stereocenters. The summed E-state index contributed by atoms with van der Waals surface area (Å²) >= 11 is 0. The van der Waals surface area contributed by atoms with E-state index in [1.165, 1.54) is 0 Å².